The smallest absolute Gasteiger partial charge is 0.335 e. The predicted molar refractivity (Wildman–Crippen MR) is 55.9 cm³/mol. The molecule has 0 aromatic heterocycles. The van der Waals surface area contributed by atoms with E-state index in [1.165, 1.54) is 19.1 Å². The van der Waals surface area contributed by atoms with Gasteiger partial charge in [-0.3, -0.25) is 4.79 Å². The van der Waals surface area contributed by atoms with Crippen molar-refractivity contribution in [2.24, 2.45) is 0 Å². The molecule has 0 fully saturated rings. The van der Waals surface area contributed by atoms with Gasteiger partial charge in [0.25, 0.3) is 0 Å². The van der Waals surface area contributed by atoms with Gasteiger partial charge in [-0.05, 0) is 17.7 Å². The highest BCUT2D eigenvalue weighted by molar-refractivity contribution is 6.31. The Morgan fingerprint density at radius 3 is 2.60 bits per heavy atom. The van der Waals surface area contributed by atoms with E-state index in [1.807, 2.05) is 0 Å². The lowest BCUT2D eigenvalue weighted by atomic mass is 10.1. The summed E-state index contributed by atoms with van der Waals surface area (Å²) in [4.78, 5) is 21.3. The number of amides is 1. The molecule has 0 aliphatic heterocycles. The second-order valence-corrected chi connectivity index (χ2v) is 3.43. The van der Waals surface area contributed by atoms with E-state index in [1.54, 1.807) is 6.07 Å². The van der Waals surface area contributed by atoms with Gasteiger partial charge in [-0.25, -0.2) is 4.79 Å². The summed E-state index contributed by atoms with van der Waals surface area (Å²) in [6.45, 7) is 1.70. The number of hydrogen-bond donors (Lipinski definition) is 2. The monoisotopic (exact) mass is 227 g/mol. The summed E-state index contributed by atoms with van der Waals surface area (Å²) in [5.74, 6) is -1.18. The van der Waals surface area contributed by atoms with E-state index in [-0.39, 0.29) is 11.5 Å². The molecule has 0 atom stereocenters. The zero-order valence-corrected chi connectivity index (χ0v) is 8.84. The molecule has 0 heterocycles. The number of nitrogens with one attached hydrogen (secondary N) is 1. The van der Waals surface area contributed by atoms with Crippen LogP contribution >= 0.6 is 11.6 Å². The third kappa shape index (κ3) is 3.25. The predicted octanol–water partition coefficient (Wildman–Crippen LogP) is 1.67. The van der Waals surface area contributed by atoms with Crippen molar-refractivity contribution in [2.45, 2.75) is 13.5 Å². The van der Waals surface area contributed by atoms with Crippen molar-refractivity contribution in [1.82, 2.24) is 5.32 Å². The normalized spacial score (nSPS) is 9.73. The SMILES string of the molecule is CC(=O)NCc1ccc(C(=O)O)cc1Cl. The van der Waals surface area contributed by atoms with E-state index in [9.17, 15) is 9.59 Å². The topological polar surface area (TPSA) is 66.4 Å². The summed E-state index contributed by atoms with van der Waals surface area (Å²) < 4.78 is 0. The molecule has 15 heavy (non-hydrogen) atoms. The van der Waals surface area contributed by atoms with Gasteiger partial charge >= 0.3 is 5.97 Å². The molecule has 0 bridgehead atoms. The maximum atomic E-state index is 10.7. The van der Waals surface area contributed by atoms with Crippen LogP contribution in [0.1, 0.15) is 22.8 Å². The number of carbonyl (C=O) groups excluding carboxylic acids is 1. The van der Waals surface area contributed by atoms with Gasteiger partial charge in [-0.15, -0.1) is 0 Å². The van der Waals surface area contributed by atoms with E-state index in [2.05, 4.69) is 5.32 Å². The molecule has 0 saturated carbocycles. The Morgan fingerprint density at radius 2 is 2.13 bits per heavy atom. The number of carboxylic acids is 1. The van der Waals surface area contributed by atoms with Crippen molar-refractivity contribution in [3.8, 4) is 0 Å². The summed E-state index contributed by atoms with van der Waals surface area (Å²) >= 11 is 5.84. The van der Waals surface area contributed by atoms with Gasteiger partial charge < -0.3 is 10.4 Å². The average Bonchev–Trinajstić information content (AvgIpc) is 2.15. The lowest BCUT2D eigenvalue weighted by Gasteiger charge is -2.05. The Kier molecular flexibility index (Phi) is 3.68. The Balaban J connectivity index is 2.83. The Morgan fingerprint density at radius 1 is 1.47 bits per heavy atom. The summed E-state index contributed by atoms with van der Waals surface area (Å²) in [6, 6.07) is 4.40. The minimum atomic E-state index is -1.03. The Bertz CT molecular complexity index is 404. The molecule has 0 aliphatic carbocycles. The van der Waals surface area contributed by atoms with Gasteiger partial charge in [0.05, 0.1) is 5.56 Å². The van der Waals surface area contributed by atoms with Crippen LogP contribution in [0, 0.1) is 0 Å². The molecule has 2 N–H and O–H groups in total. The molecule has 0 radical (unpaired) electrons. The average molecular weight is 228 g/mol. The molecule has 0 unspecified atom stereocenters. The van der Waals surface area contributed by atoms with Crippen molar-refractivity contribution < 1.29 is 14.7 Å². The molecular weight excluding hydrogens is 218 g/mol. The van der Waals surface area contributed by atoms with Crippen LogP contribution in [0.25, 0.3) is 0 Å². The zero-order valence-electron chi connectivity index (χ0n) is 8.08. The van der Waals surface area contributed by atoms with Gasteiger partial charge in [-0.2, -0.15) is 0 Å². The largest absolute Gasteiger partial charge is 0.478 e. The number of carboxylic acid groups (broad SMARTS) is 1. The number of hydrogen-bond acceptors (Lipinski definition) is 2. The quantitative estimate of drug-likeness (QED) is 0.826. The van der Waals surface area contributed by atoms with Gasteiger partial charge in [-0.1, -0.05) is 17.7 Å². The number of halogens is 1. The van der Waals surface area contributed by atoms with E-state index < -0.39 is 5.97 Å². The van der Waals surface area contributed by atoms with Crippen LogP contribution < -0.4 is 5.32 Å². The first kappa shape index (κ1) is 11.5. The van der Waals surface area contributed by atoms with Crippen LogP contribution in [0.5, 0.6) is 0 Å². The minimum absolute atomic E-state index is 0.131. The second kappa shape index (κ2) is 4.79. The summed E-state index contributed by atoms with van der Waals surface area (Å²) in [7, 11) is 0. The highest BCUT2D eigenvalue weighted by atomic mass is 35.5. The summed E-state index contributed by atoms with van der Waals surface area (Å²) in [5, 5.41) is 11.6. The first-order valence-electron chi connectivity index (χ1n) is 4.27. The molecule has 80 valence electrons. The third-order valence-corrected chi connectivity index (χ3v) is 2.18. The van der Waals surface area contributed by atoms with Crippen LogP contribution in [0.2, 0.25) is 5.02 Å². The zero-order chi connectivity index (χ0) is 11.4. The fraction of sp³-hybridized carbons (Fsp3) is 0.200. The summed E-state index contributed by atoms with van der Waals surface area (Å²) in [5.41, 5.74) is 0.823. The Labute approximate surface area is 91.9 Å². The lowest BCUT2D eigenvalue weighted by molar-refractivity contribution is -0.119. The van der Waals surface area contributed by atoms with Crippen LogP contribution in [-0.4, -0.2) is 17.0 Å². The number of carbonyl (C=O) groups is 2. The fourth-order valence-corrected chi connectivity index (χ4v) is 1.29. The summed E-state index contributed by atoms with van der Waals surface area (Å²) in [6.07, 6.45) is 0. The van der Waals surface area contributed by atoms with Crippen molar-refractivity contribution in [1.29, 1.82) is 0 Å². The molecule has 0 aliphatic rings. The van der Waals surface area contributed by atoms with E-state index in [4.69, 9.17) is 16.7 Å². The Hall–Kier alpha value is -1.55. The van der Waals surface area contributed by atoms with Crippen molar-refractivity contribution in [3.63, 3.8) is 0 Å². The number of rotatable bonds is 3. The number of benzene rings is 1. The molecule has 0 saturated heterocycles. The van der Waals surface area contributed by atoms with Crippen LogP contribution in [0.3, 0.4) is 0 Å². The molecule has 1 aromatic rings. The first-order chi connectivity index (χ1) is 7.00. The van der Waals surface area contributed by atoms with Gasteiger partial charge in [0.1, 0.15) is 0 Å². The molecule has 1 rings (SSSR count). The minimum Gasteiger partial charge on any atom is -0.478 e. The molecule has 4 nitrogen and oxygen atoms in total. The van der Waals surface area contributed by atoms with E-state index in [0.29, 0.717) is 17.1 Å². The van der Waals surface area contributed by atoms with Crippen LogP contribution in [0.4, 0.5) is 0 Å². The highest BCUT2D eigenvalue weighted by Crippen LogP contribution is 2.17. The third-order valence-electron chi connectivity index (χ3n) is 1.83. The van der Waals surface area contributed by atoms with Crippen LogP contribution in [-0.2, 0) is 11.3 Å². The van der Waals surface area contributed by atoms with Gasteiger partial charge in [0.15, 0.2) is 0 Å². The number of aromatic carboxylic acids is 1. The maximum Gasteiger partial charge on any atom is 0.335 e. The second-order valence-electron chi connectivity index (χ2n) is 3.02. The fourth-order valence-electron chi connectivity index (χ4n) is 1.04. The van der Waals surface area contributed by atoms with Gasteiger partial charge in [0, 0.05) is 18.5 Å². The van der Waals surface area contributed by atoms with Crippen LogP contribution in [0.15, 0.2) is 18.2 Å². The molecular formula is C10H10ClNO3. The first-order valence-corrected chi connectivity index (χ1v) is 4.64. The highest BCUT2D eigenvalue weighted by Gasteiger charge is 2.06. The van der Waals surface area contributed by atoms with E-state index >= 15 is 0 Å². The standard InChI is InChI=1S/C10H10ClNO3/c1-6(13)12-5-8-3-2-7(10(14)15)4-9(8)11/h2-4H,5H2,1H3,(H,12,13)(H,14,15). The maximum absolute atomic E-state index is 10.7. The van der Waals surface area contributed by atoms with Gasteiger partial charge in [0.2, 0.25) is 5.91 Å². The van der Waals surface area contributed by atoms with Crippen molar-refractivity contribution in [3.05, 3.63) is 34.3 Å². The van der Waals surface area contributed by atoms with Crippen molar-refractivity contribution in [2.75, 3.05) is 0 Å². The molecule has 1 amide bonds. The van der Waals surface area contributed by atoms with E-state index in [0.717, 1.165) is 0 Å². The molecule has 1 aromatic carbocycles. The molecule has 0 spiro atoms. The molecule has 5 heteroatoms. The lowest BCUT2D eigenvalue weighted by Crippen LogP contribution is -2.19. The van der Waals surface area contributed by atoms with Crippen molar-refractivity contribution >= 4 is 23.5 Å².